The summed E-state index contributed by atoms with van der Waals surface area (Å²) in [6, 6.07) is 12.0. The molecule has 2 aromatic carbocycles. The van der Waals surface area contributed by atoms with E-state index < -0.39 is 0 Å². The van der Waals surface area contributed by atoms with Crippen LogP contribution < -0.4 is 25.1 Å². The third-order valence-electron chi connectivity index (χ3n) is 3.85. The highest BCUT2D eigenvalue weighted by atomic mass is 35.5. The molecule has 0 saturated heterocycles. The highest BCUT2D eigenvalue weighted by molar-refractivity contribution is 6.32. The van der Waals surface area contributed by atoms with Gasteiger partial charge in [-0.25, -0.2) is 4.98 Å². The predicted octanol–water partition coefficient (Wildman–Crippen LogP) is 3.86. The molecule has 2 N–H and O–H groups in total. The van der Waals surface area contributed by atoms with Gasteiger partial charge in [-0.05, 0) is 24.3 Å². The molecule has 3 rings (SSSR count). The summed E-state index contributed by atoms with van der Waals surface area (Å²) >= 11 is 6.12. The van der Waals surface area contributed by atoms with Crippen LogP contribution >= 0.6 is 11.6 Å². The summed E-state index contributed by atoms with van der Waals surface area (Å²) in [5, 5.41) is 3.45. The van der Waals surface area contributed by atoms with Crippen LogP contribution in [0.5, 0.6) is 17.2 Å². The molecule has 0 aliphatic heterocycles. The second-order valence-corrected chi connectivity index (χ2v) is 5.93. The van der Waals surface area contributed by atoms with Gasteiger partial charge in [0.15, 0.2) is 0 Å². The Morgan fingerprint density at radius 1 is 0.963 bits per heavy atom. The number of halogens is 1. The Labute approximate surface area is 160 Å². The molecule has 0 amide bonds. The quantitative estimate of drug-likeness (QED) is 0.668. The van der Waals surface area contributed by atoms with Crippen molar-refractivity contribution in [2.75, 3.05) is 26.6 Å². The molecular weight excluding hydrogens is 370 g/mol. The molecule has 1 heterocycles. The fourth-order valence-electron chi connectivity index (χ4n) is 2.51. The first kappa shape index (κ1) is 18.6. The van der Waals surface area contributed by atoms with Crippen molar-refractivity contribution in [3.8, 4) is 28.5 Å². The lowest BCUT2D eigenvalue weighted by molar-refractivity contribution is 0.405. The summed E-state index contributed by atoms with van der Waals surface area (Å²) < 4.78 is 15.7. The van der Waals surface area contributed by atoms with Gasteiger partial charge in [0.05, 0.1) is 37.7 Å². The monoisotopic (exact) mass is 387 g/mol. The van der Waals surface area contributed by atoms with Crippen LogP contribution in [0, 0.1) is 0 Å². The van der Waals surface area contributed by atoms with E-state index in [2.05, 4.69) is 15.3 Å². The highest BCUT2D eigenvalue weighted by Crippen LogP contribution is 2.36. The Morgan fingerprint density at radius 3 is 2.30 bits per heavy atom. The summed E-state index contributed by atoms with van der Waals surface area (Å²) in [7, 11) is 4.63. The van der Waals surface area contributed by atoms with Gasteiger partial charge in [0.2, 0.25) is 5.95 Å². The van der Waals surface area contributed by atoms with Gasteiger partial charge in [0, 0.05) is 23.8 Å². The van der Waals surface area contributed by atoms with Crippen LogP contribution in [0.4, 0.5) is 11.6 Å². The Hall–Kier alpha value is -3.19. The zero-order chi connectivity index (χ0) is 19.4. The first-order valence-corrected chi connectivity index (χ1v) is 8.36. The third kappa shape index (κ3) is 4.15. The molecule has 3 aromatic rings. The van der Waals surface area contributed by atoms with Crippen molar-refractivity contribution in [1.29, 1.82) is 0 Å². The fourth-order valence-corrected chi connectivity index (χ4v) is 2.74. The van der Waals surface area contributed by atoms with E-state index in [1.54, 1.807) is 31.4 Å². The molecular formula is C19H18ClN3O4. The second kappa shape index (κ2) is 8.01. The van der Waals surface area contributed by atoms with Crippen molar-refractivity contribution in [2.24, 2.45) is 0 Å². The number of aromatic amines is 1. The third-order valence-corrected chi connectivity index (χ3v) is 4.15. The number of H-pyrrole nitrogens is 1. The Bertz CT molecular complexity index is 1000. The smallest absolute Gasteiger partial charge is 0.252 e. The first-order valence-electron chi connectivity index (χ1n) is 7.98. The van der Waals surface area contributed by atoms with Crippen molar-refractivity contribution in [3.63, 3.8) is 0 Å². The normalized spacial score (nSPS) is 10.4. The van der Waals surface area contributed by atoms with Crippen LogP contribution in [0.1, 0.15) is 0 Å². The molecule has 0 saturated carbocycles. The second-order valence-electron chi connectivity index (χ2n) is 5.52. The standard InChI is InChI=1S/C19H18ClN3O4/c1-25-12-6-4-11(5-7-12)14-10-18(24)23-19(21-14)22-15-9-16(26-2)13(20)8-17(15)27-3/h4-10H,1-3H3,(H2,21,22,23,24). The number of nitrogens with one attached hydrogen (secondary N) is 2. The van der Waals surface area contributed by atoms with Crippen LogP contribution in [-0.2, 0) is 0 Å². The largest absolute Gasteiger partial charge is 0.497 e. The van der Waals surface area contributed by atoms with Gasteiger partial charge in [-0.2, -0.15) is 0 Å². The molecule has 0 atom stereocenters. The van der Waals surface area contributed by atoms with E-state index in [1.165, 1.54) is 20.3 Å². The molecule has 0 unspecified atom stereocenters. The summed E-state index contributed by atoms with van der Waals surface area (Å²) in [6.45, 7) is 0. The maximum absolute atomic E-state index is 12.1. The van der Waals surface area contributed by atoms with Gasteiger partial charge in [0.1, 0.15) is 17.2 Å². The van der Waals surface area contributed by atoms with Gasteiger partial charge >= 0.3 is 0 Å². The lowest BCUT2D eigenvalue weighted by Crippen LogP contribution is -2.11. The number of aromatic nitrogens is 2. The molecule has 0 bridgehead atoms. The lowest BCUT2D eigenvalue weighted by Gasteiger charge is -2.13. The van der Waals surface area contributed by atoms with Crippen molar-refractivity contribution < 1.29 is 14.2 Å². The zero-order valence-corrected chi connectivity index (χ0v) is 15.8. The summed E-state index contributed by atoms with van der Waals surface area (Å²) in [6.07, 6.45) is 0. The number of nitrogens with zero attached hydrogens (tertiary/aromatic N) is 1. The van der Waals surface area contributed by atoms with Crippen molar-refractivity contribution >= 4 is 23.2 Å². The van der Waals surface area contributed by atoms with E-state index in [9.17, 15) is 4.79 Å². The van der Waals surface area contributed by atoms with E-state index in [1.807, 2.05) is 12.1 Å². The molecule has 7 nitrogen and oxygen atoms in total. The Kier molecular flexibility index (Phi) is 5.52. The minimum absolute atomic E-state index is 0.260. The maximum Gasteiger partial charge on any atom is 0.252 e. The number of methoxy groups -OCH3 is 3. The summed E-state index contributed by atoms with van der Waals surface area (Å²) in [4.78, 5) is 19.2. The van der Waals surface area contributed by atoms with E-state index in [4.69, 9.17) is 25.8 Å². The van der Waals surface area contributed by atoms with Gasteiger partial charge in [-0.15, -0.1) is 0 Å². The van der Waals surface area contributed by atoms with Crippen molar-refractivity contribution in [1.82, 2.24) is 9.97 Å². The molecule has 27 heavy (non-hydrogen) atoms. The van der Waals surface area contributed by atoms with Gasteiger partial charge in [-0.1, -0.05) is 11.6 Å². The Morgan fingerprint density at radius 2 is 1.67 bits per heavy atom. The number of rotatable bonds is 6. The summed E-state index contributed by atoms with van der Waals surface area (Å²) in [5.74, 6) is 1.93. The van der Waals surface area contributed by atoms with Gasteiger partial charge in [0.25, 0.3) is 5.56 Å². The number of anilines is 2. The number of hydrogen-bond donors (Lipinski definition) is 2. The highest BCUT2D eigenvalue weighted by Gasteiger charge is 2.12. The first-order chi connectivity index (χ1) is 13.0. The van der Waals surface area contributed by atoms with E-state index in [0.717, 1.165) is 11.3 Å². The molecule has 140 valence electrons. The van der Waals surface area contributed by atoms with Crippen molar-refractivity contribution in [3.05, 3.63) is 57.8 Å². The SMILES string of the molecule is COc1ccc(-c2cc(=O)[nH]c(Nc3cc(OC)c(Cl)cc3OC)n2)cc1. The molecule has 0 fully saturated rings. The van der Waals surface area contributed by atoms with Crippen molar-refractivity contribution in [2.45, 2.75) is 0 Å². The fraction of sp³-hybridized carbons (Fsp3) is 0.158. The van der Waals surface area contributed by atoms with E-state index >= 15 is 0 Å². The topological polar surface area (TPSA) is 85.5 Å². The number of hydrogen-bond acceptors (Lipinski definition) is 6. The number of ether oxygens (including phenoxy) is 3. The maximum atomic E-state index is 12.1. The van der Waals surface area contributed by atoms with E-state index in [0.29, 0.717) is 27.9 Å². The summed E-state index contributed by atoms with van der Waals surface area (Å²) in [5.41, 5.74) is 1.56. The van der Waals surface area contributed by atoms with Crippen LogP contribution in [0.25, 0.3) is 11.3 Å². The molecule has 1 aromatic heterocycles. The minimum atomic E-state index is -0.293. The Balaban J connectivity index is 1.98. The number of benzene rings is 2. The lowest BCUT2D eigenvalue weighted by atomic mass is 10.1. The van der Waals surface area contributed by atoms with Crippen LogP contribution in [-0.4, -0.2) is 31.3 Å². The molecule has 0 radical (unpaired) electrons. The molecule has 0 spiro atoms. The molecule has 8 heteroatoms. The van der Waals surface area contributed by atoms with Gasteiger partial charge < -0.3 is 19.5 Å². The average Bonchev–Trinajstić information content (AvgIpc) is 2.68. The van der Waals surface area contributed by atoms with Crippen LogP contribution in [0.15, 0.2) is 47.3 Å². The predicted molar refractivity (Wildman–Crippen MR) is 105 cm³/mol. The van der Waals surface area contributed by atoms with Crippen LogP contribution in [0.3, 0.4) is 0 Å². The molecule has 0 aliphatic rings. The zero-order valence-electron chi connectivity index (χ0n) is 15.0. The van der Waals surface area contributed by atoms with Gasteiger partial charge in [-0.3, -0.25) is 9.78 Å². The van der Waals surface area contributed by atoms with E-state index in [-0.39, 0.29) is 11.5 Å². The molecule has 0 aliphatic carbocycles. The van der Waals surface area contributed by atoms with Crippen LogP contribution in [0.2, 0.25) is 5.02 Å². The average molecular weight is 388 g/mol. The minimum Gasteiger partial charge on any atom is -0.497 e.